The minimum atomic E-state index is -0.925. The molecule has 0 saturated carbocycles. The van der Waals surface area contributed by atoms with Gasteiger partial charge in [-0.2, -0.15) is 0 Å². The zero-order valence-electron chi connectivity index (χ0n) is 12.0. The number of hydrogen-bond acceptors (Lipinski definition) is 6. The number of nitrogens with zero attached hydrogens (tertiary/aromatic N) is 1. The van der Waals surface area contributed by atoms with Crippen molar-refractivity contribution in [3.05, 3.63) is 55.7 Å². The molecular formula is C14H15ClN2O4S. The fraction of sp³-hybridized carbons (Fsp3) is 0.357. The number of nitrogens with one attached hydrogen (secondary N) is 1. The highest BCUT2D eigenvalue weighted by molar-refractivity contribution is 8.03. The van der Waals surface area contributed by atoms with Gasteiger partial charge >= 0.3 is 11.7 Å². The lowest BCUT2D eigenvalue weighted by molar-refractivity contribution is -0.422. The number of thioether (sulfide) groups is 1. The van der Waals surface area contributed by atoms with Crippen LogP contribution in [0.3, 0.4) is 0 Å². The molecule has 0 radical (unpaired) electrons. The summed E-state index contributed by atoms with van der Waals surface area (Å²) in [6, 6.07) is 7.22. The zero-order chi connectivity index (χ0) is 16.3. The highest BCUT2D eigenvalue weighted by atomic mass is 35.5. The van der Waals surface area contributed by atoms with Gasteiger partial charge in [0.05, 0.1) is 16.8 Å². The smallest absolute Gasteiger partial charge is 0.412 e. The van der Waals surface area contributed by atoms with Gasteiger partial charge in [0.25, 0.3) is 0 Å². The molecule has 1 heterocycles. The lowest BCUT2D eigenvalue weighted by Crippen LogP contribution is -2.25. The predicted octanol–water partition coefficient (Wildman–Crippen LogP) is 3.11. The normalized spacial score (nSPS) is 22.9. The third-order valence-electron chi connectivity index (χ3n) is 3.12. The van der Waals surface area contributed by atoms with Crippen LogP contribution in [0.2, 0.25) is 5.02 Å². The number of hydrogen-bond donors (Lipinski definition) is 1. The molecule has 0 amide bonds. The molecule has 8 heteroatoms. The molecule has 6 nitrogen and oxygen atoms in total. The van der Waals surface area contributed by atoms with Gasteiger partial charge in [0.1, 0.15) is 0 Å². The van der Waals surface area contributed by atoms with Crippen molar-refractivity contribution in [2.24, 2.45) is 0 Å². The van der Waals surface area contributed by atoms with Crippen LogP contribution in [0.25, 0.3) is 0 Å². The summed E-state index contributed by atoms with van der Waals surface area (Å²) in [5.41, 5.74) is 0.436. The maximum Gasteiger partial charge on any atom is 0.412 e. The van der Waals surface area contributed by atoms with E-state index in [1.54, 1.807) is 19.1 Å². The lowest BCUT2D eigenvalue weighted by atomic mass is 10.1. The third kappa shape index (κ3) is 3.53. The molecule has 1 aromatic rings. The van der Waals surface area contributed by atoms with Crippen LogP contribution < -0.4 is 5.32 Å². The molecular weight excluding hydrogens is 328 g/mol. The standard InChI is InChI=1S/C14H15ClN2O4S/c1-3-21-14(18)11(17(19)20)13-16-8(2)12(22-13)9-4-6-10(15)7-5-9/h4-8,12,16H,3H2,1-2H3/t8-,12+/m0/s1. The molecule has 0 unspecified atom stereocenters. The quantitative estimate of drug-likeness (QED) is 0.392. The van der Waals surface area contributed by atoms with E-state index in [0.29, 0.717) is 5.02 Å². The highest BCUT2D eigenvalue weighted by Gasteiger charge is 2.38. The second-order valence-corrected chi connectivity index (χ2v) is 6.27. The van der Waals surface area contributed by atoms with E-state index in [1.165, 1.54) is 11.8 Å². The van der Waals surface area contributed by atoms with Gasteiger partial charge in [-0.15, -0.1) is 0 Å². The van der Waals surface area contributed by atoms with Gasteiger partial charge in [-0.05, 0) is 31.5 Å². The van der Waals surface area contributed by atoms with Crippen molar-refractivity contribution < 1.29 is 14.5 Å². The third-order valence-corrected chi connectivity index (χ3v) is 4.86. The van der Waals surface area contributed by atoms with Crippen LogP contribution in [-0.4, -0.2) is 23.5 Å². The minimum absolute atomic E-state index is 0.0448. The van der Waals surface area contributed by atoms with Crippen molar-refractivity contribution in [1.29, 1.82) is 0 Å². The van der Waals surface area contributed by atoms with Crippen molar-refractivity contribution in [3.8, 4) is 0 Å². The summed E-state index contributed by atoms with van der Waals surface area (Å²) in [5, 5.41) is 15.0. The first-order valence-corrected chi connectivity index (χ1v) is 7.94. The Hall–Kier alpha value is -1.73. The first kappa shape index (κ1) is 16.6. The van der Waals surface area contributed by atoms with Crippen LogP contribution in [0.4, 0.5) is 0 Å². The van der Waals surface area contributed by atoms with E-state index in [4.69, 9.17) is 16.3 Å². The summed E-state index contributed by atoms with van der Waals surface area (Å²) in [6.45, 7) is 3.60. The number of esters is 1. The Morgan fingerprint density at radius 3 is 2.64 bits per heavy atom. The summed E-state index contributed by atoms with van der Waals surface area (Å²) in [7, 11) is 0. The molecule has 2 atom stereocenters. The number of nitro groups is 1. The van der Waals surface area contributed by atoms with Gasteiger partial charge in [-0.25, -0.2) is 4.79 Å². The molecule has 2 rings (SSSR count). The van der Waals surface area contributed by atoms with E-state index in [9.17, 15) is 14.9 Å². The summed E-state index contributed by atoms with van der Waals surface area (Å²) in [4.78, 5) is 22.2. The molecule has 0 aromatic heterocycles. The Morgan fingerprint density at radius 2 is 2.09 bits per heavy atom. The van der Waals surface area contributed by atoms with Gasteiger partial charge in [0.2, 0.25) is 0 Å². The van der Waals surface area contributed by atoms with Crippen LogP contribution in [0.1, 0.15) is 24.7 Å². The van der Waals surface area contributed by atoms with Crippen molar-refractivity contribution in [1.82, 2.24) is 5.32 Å². The second kappa shape index (κ2) is 7.02. The maximum atomic E-state index is 11.8. The molecule has 0 spiro atoms. The van der Waals surface area contributed by atoms with Crippen LogP contribution in [-0.2, 0) is 9.53 Å². The number of ether oxygens (including phenoxy) is 1. The monoisotopic (exact) mass is 342 g/mol. The molecule has 1 saturated heterocycles. The Morgan fingerprint density at radius 1 is 1.45 bits per heavy atom. The average molecular weight is 343 g/mol. The first-order valence-electron chi connectivity index (χ1n) is 6.68. The molecule has 118 valence electrons. The van der Waals surface area contributed by atoms with E-state index >= 15 is 0 Å². The maximum absolute atomic E-state index is 11.8. The summed E-state index contributed by atoms with van der Waals surface area (Å²) < 4.78 is 4.76. The van der Waals surface area contributed by atoms with E-state index in [0.717, 1.165) is 5.56 Å². The molecule has 1 aliphatic heterocycles. The molecule has 0 bridgehead atoms. The van der Waals surface area contributed by atoms with Crippen LogP contribution in [0, 0.1) is 10.1 Å². The number of benzene rings is 1. The molecule has 0 aliphatic carbocycles. The molecule has 1 fully saturated rings. The molecule has 22 heavy (non-hydrogen) atoms. The summed E-state index contributed by atoms with van der Waals surface area (Å²) in [6.07, 6.45) is 0. The molecule has 1 aliphatic rings. The van der Waals surface area contributed by atoms with E-state index in [2.05, 4.69) is 5.32 Å². The zero-order valence-corrected chi connectivity index (χ0v) is 13.6. The lowest BCUT2D eigenvalue weighted by Gasteiger charge is -2.13. The largest absolute Gasteiger partial charge is 0.458 e. The minimum Gasteiger partial charge on any atom is -0.458 e. The summed E-state index contributed by atoms with van der Waals surface area (Å²) >= 11 is 7.12. The van der Waals surface area contributed by atoms with Crippen LogP contribution >= 0.6 is 23.4 Å². The first-order chi connectivity index (χ1) is 10.4. The van der Waals surface area contributed by atoms with Crippen molar-refractivity contribution in [2.45, 2.75) is 25.1 Å². The average Bonchev–Trinajstić information content (AvgIpc) is 2.81. The van der Waals surface area contributed by atoms with Gasteiger partial charge in [0, 0.05) is 11.1 Å². The van der Waals surface area contributed by atoms with Crippen LogP contribution in [0.5, 0.6) is 0 Å². The highest BCUT2D eigenvalue weighted by Crippen LogP contribution is 2.43. The van der Waals surface area contributed by atoms with E-state index in [1.807, 2.05) is 19.1 Å². The fourth-order valence-electron chi connectivity index (χ4n) is 2.13. The van der Waals surface area contributed by atoms with Crippen molar-refractivity contribution in [3.63, 3.8) is 0 Å². The SMILES string of the molecule is CCOC(=O)C(=C1N[C@@H](C)[C@H](c2ccc(Cl)cc2)S1)[N+](=O)[O-]. The number of rotatable bonds is 4. The predicted molar refractivity (Wildman–Crippen MR) is 85.0 cm³/mol. The van der Waals surface area contributed by atoms with Crippen molar-refractivity contribution >= 4 is 29.3 Å². The van der Waals surface area contributed by atoms with Gasteiger partial charge in [-0.3, -0.25) is 10.1 Å². The number of carbonyl (C=O) groups excluding carboxylic acids is 1. The topological polar surface area (TPSA) is 81.5 Å². The Bertz CT molecular complexity index is 618. The van der Waals surface area contributed by atoms with E-state index < -0.39 is 16.6 Å². The van der Waals surface area contributed by atoms with Gasteiger partial charge < -0.3 is 10.1 Å². The van der Waals surface area contributed by atoms with Gasteiger partial charge in [0.15, 0.2) is 5.03 Å². The van der Waals surface area contributed by atoms with Crippen molar-refractivity contribution in [2.75, 3.05) is 6.61 Å². The molecule has 1 aromatic carbocycles. The molecule has 1 N–H and O–H groups in total. The Kier molecular flexibility index (Phi) is 5.31. The van der Waals surface area contributed by atoms with Crippen LogP contribution in [0.15, 0.2) is 35.0 Å². The number of halogens is 1. The van der Waals surface area contributed by atoms with E-state index in [-0.39, 0.29) is 22.9 Å². The van der Waals surface area contributed by atoms with Gasteiger partial charge in [-0.1, -0.05) is 35.5 Å². The Labute approximate surface area is 137 Å². The fourth-order valence-corrected chi connectivity index (χ4v) is 3.60. The number of carbonyl (C=O) groups is 1. The Balaban J connectivity index is 2.31. The second-order valence-electron chi connectivity index (χ2n) is 4.68. The summed E-state index contributed by atoms with van der Waals surface area (Å²) in [5.74, 6) is -0.925.